The van der Waals surface area contributed by atoms with Gasteiger partial charge in [0.15, 0.2) is 17.3 Å². The number of amides is 1. The fourth-order valence-electron chi connectivity index (χ4n) is 4.14. The largest absolute Gasteiger partial charge is 0.493 e. The third-order valence-corrected chi connectivity index (χ3v) is 8.50. The molecule has 0 aromatic heterocycles. The van der Waals surface area contributed by atoms with Gasteiger partial charge in [-0.3, -0.25) is 13.9 Å². The molecule has 1 saturated heterocycles. The van der Waals surface area contributed by atoms with Crippen LogP contribution in [0.15, 0.2) is 65.6 Å². The standard InChI is InChI=1S/C27H26Cl2N2O7S/c1-36-24-10-8-19(16-25(24)37-2)39(34,35)31(17-26(32)30-11-13-38-14-12-30)23-9-7-18(28)15-21(23)27(33)20-5-3-4-6-22(20)29/h3-10,15-16H,11-14,17H2,1-2H3. The van der Waals surface area contributed by atoms with Crippen LogP contribution in [0.5, 0.6) is 11.5 Å². The molecule has 1 aliphatic rings. The maximum Gasteiger partial charge on any atom is 0.264 e. The second-order valence-electron chi connectivity index (χ2n) is 8.49. The first kappa shape index (κ1) is 28.7. The number of hydrogen-bond donors (Lipinski definition) is 0. The number of ether oxygens (including phenoxy) is 3. The van der Waals surface area contributed by atoms with Gasteiger partial charge in [-0.25, -0.2) is 8.42 Å². The monoisotopic (exact) mass is 592 g/mol. The fourth-order valence-corrected chi connectivity index (χ4v) is 5.98. The van der Waals surface area contributed by atoms with Gasteiger partial charge in [0, 0.05) is 35.3 Å². The molecule has 1 heterocycles. The topological polar surface area (TPSA) is 102 Å². The van der Waals surface area contributed by atoms with Gasteiger partial charge < -0.3 is 19.1 Å². The molecule has 1 aliphatic heterocycles. The van der Waals surface area contributed by atoms with Crippen molar-refractivity contribution in [1.82, 2.24) is 4.90 Å². The number of morpholine rings is 1. The number of carbonyl (C=O) groups excluding carboxylic acids is 2. The third kappa shape index (κ3) is 6.14. The van der Waals surface area contributed by atoms with E-state index in [0.29, 0.717) is 32.1 Å². The van der Waals surface area contributed by atoms with Crippen molar-refractivity contribution in [3.63, 3.8) is 0 Å². The first-order chi connectivity index (χ1) is 18.7. The number of halogens is 2. The second-order valence-corrected chi connectivity index (χ2v) is 11.2. The van der Waals surface area contributed by atoms with Crippen molar-refractivity contribution < 1.29 is 32.2 Å². The molecule has 0 N–H and O–H groups in total. The van der Waals surface area contributed by atoms with Gasteiger partial charge in [-0.2, -0.15) is 0 Å². The summed E-state index contributed by atoms with van der Waals surface area (Å²) in [5, 5.41) is 0.393. The second kappa shape index (κ2) is 12.3. The van der Waals surface area contributed by atoms with Gasteiger partial charge >= 0.3 is 0 Å². The van der Waals surface area contributed by atoms with E-state index >= 15 is 0 Å². The number of rotatable bonds is 9. The van der Waals surface area contributed by atoms with E-state index in [9.17, 15) is 18.0 Å². The Bertz CT molecular complexity index is 1490. The molecule has 12 heteroatoms. The van der Waals surface area contributed by atoms with Crippen molar-refractivity contribution in [1.29, 1.82) is 0 Å². The van der Waals surface area contributed by atoms with Gasteiger partial charge in [0.25, 0.3) is 10.0 Å². The first-order valence-electron chi connectivity index (χ1n) is 11.9. The SMILES string of the molecule is COc1ccc(S(=O)(=O)N(CC(=O)N2CCOCC2)c2ccc(Cl)cc2C(=O)c2ccccc2Cl)cc1OC. The highest BCUT2D eigenvalue weighted by Crippen LogP contribution is 2.35. The summed E-state index contributed by atoms with van der Waals surface area (Å²) < 4.78 is 45.1. The zero-order valence-electron chi connectivity index (χ0n) is 21.2. The van der Waals surface area contributed by atoms with Crippen molar-refractivity contribution in [2.24, 2.45) is 0 Å². The Morgan fingerprint density at radius 1 is 0.923 bits per heavy atom. The number of ketones is 1. The van der Waals surface area contributed by atoms with E-state index in [2.05, 4.69) is 0 Å². The van der Waals surface area contributed by atoms with Gasteiger partial charge in [0.05, 0.1) is 43.0 Å². The average Bonchev–Trinajstić information content (AvgIpc) is 2.95. The zero-order chi connectivity index (χ0) is 28.2. The Morgan fingerprint density at radius 2 is 1.62 bits per heavy atom. The van der Waals surface area contributed by atoms with E-state index < -0.39 is 28.3 Å². The minimum Gasteiger partial charge on any atom is -0.493 e. The lowest BCUT2D eigenvalue weighted by Crippen LogP contribution is -2.47. The molecule has 3 aromatic rings. The normalized spacial score (nSPS) is 13.6. The molecule has 0 bridgehead atoms. The Kier molecular flexibility index (Phi) is 9.01. The van der Waals surface area contributed by atoms with Gasteiger partial charge in [0.2, 0.25) is 5.91 Å². The minimum absolute atomic E-state index is 0.0271. The molecule has 0 atom stereocenters. The molecule has 4 rings (SSSR count). The smallest absolute Gasteiger partial charge is 0.264 e. The molecule has 1 fully saturated rings. The summed E-state index contributed by atoms with van der Waals surface area (Å²) in [5.74, 6) is -0.493. The predicted molar refractivity (Wildman–Crippen MR) is 148 cm³/mol. The van der Waals surface area contributed by atoms with E-state index in [4.69, 9.17) is 37.4 Å². The molecular weight excluding hydrogens is 567 g/mol. The molecule has 0 unspecified atom stereocenters. The summed E-state index contributed by atoms with van der Waals surface area (Å²) in [6.45, 7) is 0.738. The first-order valence-corrected chi connectivity index (χ1v) is 14.1. The zero-order valence-corrected chi connectivity index (χ0v) is 23.6. The number of sulfonamides is 1. The van der Waals surface area contributed by atoms with Crippen LogP contribution < -0.4 is 13.8 Å². The lowest BCUT2D eigenvalue weighted by atomic mass is 10.0. The maximum atomic E-state index is 14.1. The van der Waals surface area contributed by atoms with E-state index in [0.717, 1.165) is 4.31 Å². The summed E-state index contributed by atoms with van der Waals surface area (Å²) in [5.41, 5.74) is 0.0980. The fraction of sp³-hybridized carbons (Fsp3) is 0.259. The lowest BCUT2D eigenvalue weighted by Gasteiger charge is -2.31. The number of carbonyl (C=O) groups is 2. The van der Waals surface area contributed by atoms with Crippen molar-refractivity contribution >= 4 is 50.6 Å². The Hall–Kier alpha value is -3.31. The van der Waals surface area contributed by atoms with Crippen LogP contribution in [0, 0.1) is 0 Å². The molecule has 0 saturated carbocycles. The molecule has 0 radical (unpaired) electrons. The third-order valence-electron chi connectivity index (χ3n) is 6.18. The molecule has 0 aliphatic carbocycles. The molecular formula is C27H26Cl2N2O7S. The summed E-state index contributed by atoms with van der Waals surface area (Å²) in [7, 11) is -1.60. The molecule has 39 heavy (non-hydrogen) atoms. The quantitative estimate of drug-likeness (QED) is 0.341. The Balaban J connectivity index is 1.87. The van der Waals surface area contributed by atoms with Gasteiger partial charge in [-0.05, 0) is 42.5 Å². The van der Waals surface area contributed by atoms with E-state index in [-0.39, 0.29) is 37.5 Å². The number of methoxy groups -OCH3 is 2. The van der Waals surface area contributed by atoms with Crippen LogP contribution >= 0.6 is 23.2 Å². The van der Waals surface area contributed by atoms with Crippen LogP contribution in [0.4, 0.5) is 5.69 Å². The van der Waals surface area contributed by atoms with Gasteiger partial charge in [0.1, 0.15) is 6.54 Å². The molecule has 206 valence electrons. The maximum absolute atomic E-state index is 14.1. The van der Waals surface area contributed by atoms with Crippen LogP contribution in [0.25, 0.3) is 0 Å². The average molecular weight is 593 g/mol. The highest BCUT2D eigenvalue weighted by atomic mass is 35.5. The molecule has 0 spiro atoms. The van der Waals surface area contributed by atoms with E-state index in [1.807, 2.05) is 0 Å². The van der Waals surface area contributed by atoms with Crippen molar-refractivity contribution in [3.8, 4) is 11.5 Å². The Labute approximate surface area is 236 Å². The summed E-state index contributed by atoms with van der Waals surface area (Å²) >= 11 is 12.5. The minimum atomic E-state index is -4.42. The highest BCUT2D eigenvalue weighted by Gasteiger charge is 2.33. The Morgan fingerprint density at radius 3 is 2.28 bits per heavy atom. The molecule has 1 amide bonds. The summed E-state index contributed by atoms with van der Waals surface area (Å²) in [6, 6.07) is 14.7. The number of nitrogens with zero attached hydrogens (tertiary/aromatic N) is 2. The summed E-state index contributed by atoms with van der Waals surface area (Å²) in [4.78, 5) is 28.4. The predicted octanol–water partition coefficient (Wildman–Crippen LogP) is 4.30. The molecule has 9 nitrogen and oxygen atoms in total. The number of anilines is 1. The number of benzene rings is 3. The van der Waals surface area contributed by atoms with Gasteiger partial charge in [-0.15, -0.1) is 0 Å². The van der Waals surface area contributed by atoms with Crippen LogP contribution in [0.3, 0.4) is 0 Å². The van der Waals surface area contributed by atoms with Crippen LogP contribution in [-0.4, -0.2) is 72.1 Å². The van der Waals surface area contributed by atoms with Crippen LogP contribution in [0.2, 0.25) is 10.0 Å². The van der Waals surface area contributed by atoms with E-state index in [1.165, 1.54) is 61.6 Å². The van der Waals surface area contributed by atoms with Crippen molar-refractivity contribution in [3.05, 3.63) is 81.8 Å². The highest BCUT2D eigenvalue weighted by molar-refractivity contribution is 7.92. The number of hydrogen-bond acceptors (Lipinski definition) is 7. The van der Waals surface area contributed by atoms with Crippen LogP contribution in [-0.2, 0) is 19.6 Å². The van der Waals surface area contributed by atoms with Crippen molar-refractivity contribution in [2.45, 2.75) is 4.90 Å². The van der Waals surface area contributed by atoms with E-state index in [1.54, 1.807) is 18.2 Å². The lowest BCUT2D eigenvalue weighted by molar-refractivity contribution is -0.133. The van der Waals surface area contributed by atoms with Crippen molar-refractivity contribution in [2.75, 3.05) is 51.4 Å². The van der Waals surface area contributed by atoms with Gasteiger partial charge in [-0.1, -0.05) is 35.3 Å². The van der Waals surface area contributed by atoms with Crippen LogP contribution in [0.1, 0.15) is 15.9 Å². The molecule has 3 aromatic carbocycles. The summed E-state index contributed by atoms with van der Waals surface area (Å²) in [6.07, 6.45) is 0.